The Morgan fingerprint density at radius 3 is 1.73 bits per heavy atom. The molecule has 0 spiro atoms. The standard InChI is InChI=1S/C46H32N4O/c1-3-15-38-37-26-24-35(46-48-44(32-18-9-5-10-19-32)47-45(49-46)33-20-11-6-12-21-33)29-42(37)51-43(38)30(2)50-40-23-14-13-22-36(40)39-28-34(25-27-41(39)50)31-16-7-4-8-17-31/h3-29H,1H2,2H3/b38-15-,43-30-. The highest BCUT2D eigenvalue weighted by atomic mass is 16.3. The molecule has 0 atom stereocenters. The number of allylic oxidation sites excluding steroid dienone is 1. The first-order valence-electron chi connectivity index (χ1n) is 17.0. The first-order valence-corrected chi connectivity index (χ1v) is 17.0. The monoisotopic (exact) mass is 656 g/mol. The number of fused-ring (bicyclic) bond motifs is 4. The molecule has 9 aromatic rings. The molecule has 5 nitrogen and oxygen atoms in total. The minimum Gasteiger partial charge on any atom is -0.454 e. The predicted octanol–water partition coefficient (Wildman–Crippen LogP) is 10.0. The van der Waals surface area contributed by atoms with Crippen LogP contribution >= 0.6 is 0 Å². The van der Waals surface area contributed by atoms with E-state index in [1.165, 1.54) is 21.9 Å². The van der Waals surface area contributed by atoms with E-state index in [0.717, 1.165) is 55.0 Å². The fourth-order valence-corrected chi connectivity index (χ4v) is 6.99. The van der Waals surface area contributed by atoms with Crippen molar-refractivity contribution in [3.63, 3.8) is 0 Å². The van der Waals surface area contributed by atoms with Gasteiger partial charge in [-0.3, -0.25) is 0 Å². The largest absolute Gasteiger partial charge is 0.454 e. The highest BCUT2D eigenvalue weighted by Crippen LogP contribution is 2.34. The topological polar surface area (TPSA) is 56.7 Å². The van der Waals surface area contributed by atoms with Crippen LogP contribution in [-0.4, -0.2) is 19.5 Å². The van der Waals surface area contributed by atoms with E-state index in [1.807, 2.05) is 84.9 Å². The van der Waals surface area contributed by atoms with E-state index in [1.54, 1.807) is 0 Å². The summed E-state index contributed by atoms with van der Waals surface area (Å²) in [4.78, 5) is 14.8. The van der Waals surface area contributed by atoms with Gasteiger partial charge in [0.05, 0.1) is 16.7 Å². The molecule has 0 unspecified atom stereocenters. The summed E-state index contributed by atoms with van der Waals surface area (Å²) in [6, 6.07) is 52.0. The average Bonchev–Trinajstić information content (AvgIpc) is 3.73. The summed E-state index contributed by atoms with van der Waals surface area (Å²) >= 11 is 0. The summed E-state index contributed by atoms with van der Waals surface area (Å²) in [5, 5.41) is 4.34. The molecule has 0 saturated carbocycles. The molecule has 9 rings (SSSR count). The van der Waals surface area contributed by atoms with Crippen LogP contribution < -0.4 is 10.6 Å². The average molecular weight is 657 g/mol. The number of hydrogen-bond donors (Lipinski definition) is 0. The lowest BCUT2D eigenvalue weighted by Crippen LogP contribution is -2.24. The fraction of sp³-hybridized carbons (Fsp3) is 0.0217. The zero-order valence-electron chi connectivity index (χ0n) is 28.0. The Kier molecular flexibility index (Phi) is 7.44. The molecular weight excluding hydrogens is 625 g/mol. The van der Waals surface area contributed by atoms with E-state index in [9.17, 15) is 0 Å². The third kappa shape index (κ3) is 5.32. The molecule has 0 fully saturated rings. The quantitative estimate of drug-likeness (QED) is 0.179. The molecule has 3 heterocycles. The molecule has 51 heavy (non-hydrogen) atoms. The maximum atomic E-state index is 6.81. The van der Waals surface area contributed by atoms with Crippen molar-refractivity contribution in [1.82, 2.24) is 19.5 Å². The smallest absolute Gasteiger partial charge is 0.164 e. The van der Waals surface area contributed by atoms with Crippen LogP contribution in [0.2, 0.25) is 0 Å². The Labute approximate surface area is 294 Å². The lowest BCUT2D eigenvalue weighted by molar-refractivity contribution is 0.569. The van der Waals surface area contributed by atoms with E-state index < -0.39 is 0 Å². The Bertz CT molecular complexity index is 2810. The van der Waals surface area contributed by atoms with Gasteiger partial charge < -0.3 is 8.98 Å². The molecule has 0 bridgehead atoms. The number of hydrogen-bond acceptors (Lipinski definition) is 4. The van der Waals surface area contributed by atoms with Gasteiger partial charge in [0.15, 0.2) is 22.9 Å². The van der Waals surface area contributed by atoms with Crippen molar-refractivity contribution in [1.29, 1.82) is 0 Å². The Hall–Kier alpha value is -6.85. The zero-order valence-corrected chi connectivity index (χ0v) is 28.0. The van der Waals surface area contributed by atoms with Crippen LogP contribution in [0.4, 0.5) is 0 Å². The number of aromatic nitrogens is 4. The van der Waals surface area contributed by atoms with E-state index >= 15 is 0 Å². The number of benzene rings is 6. The highest BCUT2D eigenvalue weighted by Gasteiger charge is 2.17. The zero-order chi connectivity index (χ0) is 34.3. The van der Waals surface area contributed by atoms with Crippen LogP contribution in [0.5, 0.6) is 0 Å². The van der Waals surface area contributed by atoms with Gasteiger partial charge in [-0.15, -0.1) is 0 Å². The number of nitrogens with zero attached hydrogens (tertiary/aromatic N) is 4. The molecule has 0 radical (unpaired) electrons. The number of rotatable bonds is 6. The van der Waals surface area contributed by atoms with Crippen LogP contribution in [-0.2, 0) is 0 Å². The maximum absolute atomic E-state index is 6.81. The molecular formula is C46H32N4O. The summed E-state index contributed by atoms with van der Waals surface area (Å²) in [7, 11) is 0. The third-order valence-electron chi connectivity index (χ3n) is 9.41. The van der Waals surface area contributed by atoms with Gasteiger partial charge in [-0.05, 0) is 48.4 Å². The summed E-state index contributed by atoms with van der Waals surface area (Å²) in [6.45, 7) is 6.17. The number of furan rings is 1. The van der Waals surface area contributed by atoms with Gasteiger partial charge >= 0.3 is 0 Å². The van der Waals surface area contributed by atoms with Gasteiger partial charge in [-0.2, -0.15) is 0 Å². The molecule has 0 aliphatic carbocycles. The van der Waals surface area contributed by atoms with E-state index in [2.05, 4.69) is 96.9 Å². The van der Waals surface area contributed by atoms with Crippen molar-refractivity contribution in [3.8, 4) is 45.3 Å². The lowest BCUT2D eigenvalue weighted by atomic mass is 10.0. The van der Waals surface area contributed by atoms with Gasteiger partial charge in [0.25, 0.3) is 0 Å². The van der Waals surface area contributed by atoms with E-state index in [0.29, 0.717) is 17.5 Å². The van der Waals surface area contributed by atoms with E-state index in [4.69, 9.17) is 19.4 Å². The van der Waals surface area contributed by atoms with Gasteiger partial charge in [0.2, 0.25) is 0 Å². The Balaban J connectivity index is 1.25. The van der Waals surface area contributed by atoms with Gasteiger partial charge in [-0.1, -0.05) is 140 Å². The van der Waals surface area contributed by atoms with Crippen molar-refractivity contribution in [3.05, 3.63) is 175 Å². The van der Waals surface area contributed by atoms with Crippen LogP contribution in [0, 0.1) is 0 Å². The maximum Gasteiger partial charge on any atom is 0.164 e. The van der Waals surface area contributed by atoms with Crippen molar-refractivity contribution in [2.45, 2.75) is 6.92 Å². The molecule has 242 valence electrons. The normalized spacial score (nSPS) is 12.5. The van der Waals surface area contributed by atoms with Crippen LogP contribution in [0.25, 0.3) is 89.8 Å². The van der Waals surface area contributed by atoms with Crippen molar-refractivity contribution in [2.75, 3.05) is 0 Å². The van der Waals surface area contributed by atoms with Crippen LogP contribution in [0.1, 0.15) is 6.92 Å². The highest BCUT2D eigenvalue weighted by molar-refractivity contribution is 6.11. The second-order valence-electron chi connectivity index (χ2n) is 12.5. The van der Waals surface area contributed by atoms with Gasteiger partial charge in [0, 0.05) is 38.1 Å². The SMILES string of the molecule is C=C/C=c1\c(=C(/C)n2c3ccccc3c3cc(-c4ccccc4)ccc32)oc2cc(-c3nc(-c4ccccc4)nc(-c4ccccc4)n3)ccc12. The lowest BCUT2D eigenvalue weighted by Gasteiger charge is -2.08. The number of para-hydroxylation sites is 1. The molecule has 6 aromatic carbocycles. The molecule has 0 N–H and O–H groups in total. The molecule has 0 aliphatic heterocycles. The molecule has 5 heteroatoms. The van der Waals surface area contributed by atoms with Crippen molar-refractivity contribution >= 4 is 44.5 Å². The second kappa shape index (κ2) is 12.6. The third-order valence-corrected chi connectivity index (χ3v) is 9.41. The summed E-state index contributed by atoms with van der Waals surface area (Å²) in [5.41, 5.74) is 9.81. The van der Waals surface area contributed by atoms with E-state index in [-0.39, 0.29) is 0 Å². The Morgan fingerprint density at radius 1 is 0.529 bits per heavy atom. The van der Waals surface area contributed by atoms with Gasteiger partial charge in [0.1, 0.15) is 5.58 Å². The fourth-order valence-electron chi connectivity index (χ4n) is 6.99. The summed E-state index contributed by atoms with van der Waals surface area (Å²) in [5.74, 6) is 1.81. The minimum absolute atomic E-state index is 0.578. The van der Waals surface area contributed by atoms with Gasteiger partial charge in [-0.25, -0.2) is 15.0 Å². The minimum atomic E-state index is 0.578. The van der Waals surface area contributed by atoms with Crippen molar-refractivity contribution < 1.29 is 4.42 Å². The first-order chi connectivity index (χ1) is 25.2. The molecule has 0 aliphatic rings. The molecule has 0 saturated heterocycles. The van der Waals surface area contributed by atoms with Crippen LogP contribution in [0.3, 0.4) is 0 Å². The molecule has 3 aromatic heterocycles. The summed E-state index contributed by atoms with van der Waals surface area (Å²) < 4.78 is 9.12. The van der Waals surface area contributed by atoms with Crippen molar-refractivity contribution in [2.24, 2.45) is 0 Å². The summed E-state index contributed by atoms with van der Waals surface area (Å²) in [6.07, 6.45) is 3.84. The predicted molar refractivity (Wildman–Crippen MR) is 209 cm³/mol. The van der Waals surface area contributed by atoms with Crippen LogP contribution in [0.15, 0.2) is 169 Å². The second-order valence-corrected chi connectivity index (χ2v) is 12.5. The first kappa shape index (κ1) is 30.2. The Morgan fingerprint density at radius 2 is 1.08 bits per heavy atom. The molecule has 0 amide bonds.